The third kappa shape index (κ3) is 4.96. The molecule has 1 heterocycles. The number of nitrogens with two attached hydrogens (primary N) is 1. The molecule has 0 radical (unpaired) electrons. The van der Waals surface area contributed by atoms with E-state index >= 15 is 0 Å². The van der Waals surface area contributed by atoms with Crippen LogP contribution >= 0.6 is 0 Å². The molecule has 0 spiro atoms. The highest BCUT2D eigenvalue weighted by atomic mass is 16.5. The zero-order valence-electron chi connectivity index (χ0n) is 10.2. The van der Waals surface area contributed by atoms with Gasteiger partial charge in [0.25, 0.3) is 0 Å². The van der Waals surface area contributed by atoms with Crippen LogP contribution in [0.15, 0.2) is 0 Å². The van der Waals surface area contributed by atoms with Crippen molar-refractivity contribution >= 4 is 0 Å². The molecule has 0 bridgehead atoms. The van der Waals surface area contributed by atoms with Crippen molar-refractivity contribution in [1.29, 1.82) is 0 Å². The summed E-state index contributed by atoms with van der Waals surface area (Å²) in [6.45, 7) is 7.05. The fourth-order valence-electron chi connectivity index (χ4n) is 1.94. The summed E-state index contributed by atoms with van der Waals surface area (Å²) >= 11 is 0. The molecule has 0 amide bonds. The van der Waals surface area contributed by atoms with E-state index in [1.54, 1.807) is 0 Å². The molecule has 1 rings (SSSR count). The van der Waals surface area contributed by atoms with Crippen molar-refractivity contribution in [3.63, 3.8) is 0 Å². The smallest absolute Gasteiger partial charge is 0.0484 e. The minimum absolute atomic E-state index is 0.0290. The van der Waals surface area contributed by atoms with Gasteiger partial charge in [-0.15, -0.1) is 0 Å². The molecule has 1 aliphatic heterocycles. The summed E-state index contributed by atoms with van der Waals surface area (Å²) in [7, 11) is 0. The molecular weight excluding hydrogens is 188 g/mol. The van der Waals surface area contributed by atoms with E-state index in [0.29, 0.717) is 6.04 Å². The first-order chi connectivity index (χ1) is 7.16. The van der Waals surface area contributed by atoms with E-state index in [9.17, 15) is 0 Å². The molecule has 90 valence electrons. The normalized spacial score (nSPS) is 22.6. The molecule has 1 unspecified atom stereocenters. The molecule has 3 nitrogen and oxygen atoms in total. The van der Waals surface area contributed by atoms with Crippen molar-refractivity contribution in [3.8, 4) is 0 Å². The predicted octanol–water partition coefficient (Wildman–Crippen LogP) is 1.66. The molecule has 1 aliphatic rings. The molecule has 0 saturated carbocycles. The highest BCUT2D eigenvalue weighted by molar-refractivity contribution is 4.89. The maximum Gasteiger partial charge on any atom is 0.0484 e. The minimum atomic E-state index is -0.0290. The van der Waals surface area contributed by atoms with Crippen LogP contribution in [0.5, 0.6) is 0 Å². The van der Waals surface area contributed by atoms with Gasteiger partial charge in [0.05, 0.1) is 0 Å². The molecule has 0 aromatic carbocycles. The van der Waals surface area contributed by atoms with Gasteiger partial charge in [0.15, 0.2) is 0 Å². The van der Waals surface area contributed by atoms with E-state index in [2.05, 4.69) is 19.2 Å². The van der Waals surface area contributed by atoms with E-state index in [-0.39, 0.29) is 5.54 Å². The second kappa shape index (κ2) is 6.46. The van der Waals surface area contributed by atoms with Crippen molar-refractivity contribution in [2.45, 2.75) is 57.5 Å². The molecule has 0 aromatic rings. The monoisotopic (exact) mass is 214 g/mol. The summed E-state index contributed by atoms with van der Waals surface area (Å²) in [5, 5.41) is 3.55. The van der Waals surface area contributed by atoms with Crippen LogP contribution in [-0.2, 0) is 4.74 Å². The zero-order valence-corrected chi connectivity index (χ0v) is 10.2. The first kappa shape index (κ1) is 12.9. The number of nitrogens with one attached hydrogen (secondary N) is 1. The van der Waals surface area contributed by atoms with E-state index in [4.69, 9.17) is 10.5 Å². The molecule has 1 saturated heterocycles. The van der Waals surface area contributed by atoms with E-state index in [0.717, 1.165) is 32.6 Å². The Labute approximate surface area is 93.8 Å². The lowest BCUT2D eigenvalue weighted by Gasteiger charge is -2.34. The predicted molar refractivity (Wildman–Crippen MR) is 64.0 cm³/mol. The number of hydrogen-bond acceptors (Lipinski definition) is 3. The average Bonchev–Trinajstić information content (AvgIpc) is 2.25. The van der Waals surface area contributed by atoms with Crippen LogP contribution in [0.4, 0.5) is 0 Å². The largest absolute Gasteiger partial charge is 0.381 e. The second-order valence-electron chi connectivity index (χ2n) is 4.90. The van der Waals surface area contributed by atoms with Gasteiger partial charge in [-0.1, -0.05) is 19.8 Å². The summed E-state index contributed by atoms with van der Waals surface area (Å²) in [6.07, 6.45) is 5.80. The van der Waals surface area contributed by atoms with Crippen LogP contribution in [0.1, 0.15) is 46.0 Å². The van der Waals surface area contributed by atoms with Gasteiger partial charge in [0, 0.05) is 31.3 Å². The number of hydrogen-bond donors (Lipinski definition) is 2. The van der Waals surface area contributed by atoms with Gasteiger partial charge in [-0.05, 0) is 26.2 Å². The summed E-state index contributed by atoms with van der Waals surface area (Å²) in [4.78, 5) is 0. The Kier molecular flexibility index (Phi) is 5.58. The highest BCUT2D eigenvalue weighted by Crippen LogP contribution is 2.16. The van der Waals surface area contributed by atoms with Gasteiger partial charge in [-0.3, -0.25) is 0 Å². The van der Waals surface area contributed by atoms with Crippen LogP contribution in [0.2, 0.25) is 0 Å². The first-order valence-corrected chi connectivity index (χ1v) is 6.26. The van der Waals surface area contributed by atoms with E-state index in [1.165, 1.54) is 19.3 Å². The Bertz CT molecular complexity index is 167. The highest BCUT2D eigenvalue weighted by Gasteiger charge is 2.27. The third-order valence-corrected chi connectivity index (χ3v) is 3.28. The van der Waals surface area contributed by atoms with Gasteiger partial charge >= 0.3 is 0 Å². The maximum absolute atomic E-state index is 6.29. The summed E-state index contributed by atoms with van der Waals surface area (Å²) in [6, 6.07) is 0.591. The first-order valence-electron chi connectivity index (χ1n) is 6.26. The molecule has 1 fully saturated rings. The fourth-order valence-corrected chi connectivity index (χ4v) is 1.94. The third-order valence-electron chi connectivity index (χ3n) is 3.28. The Hall–Kier alpha value is -0.120. The van der Waals surface area contributed by atoms with Crippen LogP contribution in [0.3, 0.4) is 0 Å². The summed E-state index contributed by atoms with van der Waals surface area (Å²) in [5.74, 6) is 0. The number of ether oxygens (including phenoxy) is 1. The number of rotatable bonds is 6. The van der Waals surface area contributed by atoms with Crippen molar-refractivity contribution < 1.29 is 4.74 Å². The van der Waals surface area contributed by atoms with Crippen LogP contribution in [0.25, 0.3) is 0 Å². The lowest BCUT2D eigenvalue weighted by Crippen LogP contribution is -2.53. The molecule has 0 aromatic heterocycles. The Morgan fingerprint density at radius 1 is 1.40 bits per heavy atom. The van der Waals surface area contributed by atoms with Gasteiger partial charge in [-0.2, -0.15) is 0 Å². The van der Waals surface area contributed by atoms with Crippen LogP contribution in [0, 0.1) is 0 Å². The van der Waals surface area contributed by atoms with Crippen LogP contribution in [-0.4, -0.2) is 31.3 Å². The SMILES string of the molecule is CCCCC(C)NCC1(N)CCOCC1. The Balaban J connectivity index is 2.16. The van der Waals surface area contributed by atoms with Gasteiger partial charge in [0.2, 0.25) is 0 Å². The standard InChI is InChI=1S/C12H26N2O/c1-3-4-5-11(2)14-10-12(13)6-8-15-9-7-12/h11,14H,3-10,13H2,1-2H3. The number of unbranched alkanes of at least 4 members (excludes halogenated alkanes) is 1. The maximum atomic E-state index is 6.29. The lowest BCUT2D eigenvalue weighted by atomic mass is 9.91. The topological polar surface area (TPSA) is 47.3 Å². The average molecular weight is 214 g/mol. The lowest BCUT2D eigenvalue weighted by molar-refractivity contribution is 0.0522. The molecule has 3 heteroatoms. The van der Waals surface area contributed by atoms with Gasteiger partial charge in [-0.25, -0.2) is 0 Å². The van der Waals surface area contributed by atoms with E-state index < -0.39 is 0 Å². The van der Waals surface area contributed by atoms with Crippen LogP contribution < -0.4 is 11.1 Å². The van der Waals surface area contributed by atoms with Crippen molar-refractivity contribution in [2.24, 2.45) is 5.73 Å². The zero-order chi connectivity index (χ0) is 11.1. The van der Waals surface area contributed by atoms with Crippen molar-refractivity contribution in [1.82, 2.24) is 5.32 Å². The second-order valence-corrected chi connectivity index (χ2v) is 4.90. The van der Waals surface area contributed by atoms with Gasteiger partial charge < -0.3 is 15.8 Å². The molecule has 1 atom stereocenters. The van der Waals surface area contributed by atoms with E-state index in [1.807, 2.05) is 0 Å². The Morgan fingerprint density at radius 2 is 2.07 bits per heavy atom. The minimum Gasteiger partial charge on any atom is -0.381 e. The quantitative estimate of drug-likeness (QED) is 0.707. The van der Waals surface area contributed by atoms with Crippen molar-refractivity contribution in [2.75, 3.05) is 19.8 Å². The molecule has 3 N–H and O–H groups in total. The molecule has 15 heavy (non-hydrogen) atoms. The summed E-state index contributed by atoms with van der Waals surface area (Å²) in [5.41, 5.74) is 6.26. The van der Waals surface area contributed by atoms with Crippen molar-refractivity contribution in [3.05, 3.63) is 0 Å². The summed E-state index contributed by atoms with van der Waals surface area (Å²) < 4.78 is 5.33. The molecule has 0 aliphatic carbocycles. The van der Waals surface area contributed by atoms with Gasteiger partial charge in [0.1, 0.15) is 0 Å². The fraction of sp³-hybridized carbons (Fsp3) is 1.00. The molecular formula is C12H26N2O. The Morgan fingerprint density at radius 3 is 2.67 bits per heavy atom.